The molecule has 18 heteroatoms. The van der Waals surface area contributed by atoms with Gasteiger partial charge in [0.1, 0.15) is 43.7 Å². The summed E-state index contributed by atoms with van der Waals surface area (Å²) >= 11 is 1.41. The zero-order valence-electron chi connectivity index (χ0n) is 35.3. The van der Waals surface area contributed by atoms with Crippen LogP contribution in [0.3, 0.4) is 0 Å². The molecule has 0 aliphatic rings. The number of anilines is 1. The molecule has 0 radical (unpaired) electrons. The molecule has 2 unspecified atom stereocenters. The molecule has 340 valence electrons. The standard InChI is InChI=1S/C48H43N3O14S/c1-5-42(52)61-29-37(63-44(54)7-3)27-59-35-18-14-32(15-19-35)46(56)58-24-23-31-13-22-40(34(25-31)26-49-51-48-50-39-11-9-10-12-41(39)66-48)65-47(57)33-16-20-36(21-17-33)60-28-38(64-45(55)8-4)30-62-43(53)6-2/h5-22,25-26,37-38H,1-4,23-24,27-30H2,(H,50,51)/b49-26+. The molecule has 0 saturated heterocycles. The maximum atomic E-state index is 13.4. The molecule has 0 aliphatic carbocycles. The van der Waals surface area contributed by atoms with E-state index in [0.29, 0.717) is 28.6 Å². The largest absolute Gasteiger partial charge is 0.490 e. The van der Waals surface area contributed by atoms with Crippen LogP contribution in [-0.2, 0) is 49.3 Å². The number of carbonyl (C=O) groups is 6. The fourth-order valence-electron chi connectivity index (χ4n) is 5.41. The second-order valence-corrected chi connectivity index (χ2v) is 14.4. The minimum atomic E-state index is -0.947. The maximum absolute atomic E-state index is 13.4. The first-order chi connectivity index (χ1) is 32.0. The van der Waals surface area contributed by atoms with Crippen LogP contribution in [0.5, 0.6) is 17.2 Å². The smallest absolute Gasteiger partial charge is 0.343 e. The van der Waals surface area contributed by atoms with E-state index in [9.17, 15) is 28.8 Å². The molecule has 5 rings (SSSR count). The number of benzene rings is 4. The molecule has 2 atom stereocenters. The summed E-state index contributed by atoms with van der Waals surface area (Å²) in [5.41, 5.74) is 5.32. The van der Waals surface area contributed by atoms with E-state index in [4.69, 9.17) is 37.9 Å². The Morgan fingerprint density at radius 2 is 1.18 bits per heavy atom. The molecule has 0 aliphatic heterocycles. The molecule has 0 amide bonds. The number of thiazole rings is 1. The second-order valence-electron chi connectivity index (χ2n) is 13.4. The lowest BCUT2D eigenvalue weighted by molar-refractivity contribution is -0.154. The van der Waals surface area contributed by atoms with Crippen molar-refractivity contribution in [1.29, 1.82) is 0 Å². The molecule has 0 bridgehead atoms. The molecule has 5 aromatic rings. The Kier molecular flexibility index (Phi) is 18.5. The molecule has 1 aromatic heterocycles. The fraction of sp³-hybridized carbons (Fsp3) is 0.167. The molecular weight excluding hydrogens is 875 g/mol. The highest BCUT2D eigenvalue weighted by Gasteiger charge is 2.19. The highest BCUT2D eigenvalue weighted by atomic mass is 32.1. The minimum absolute atomic E-state index is 0.00234. The number of nitrogens with zero attached hydrogens (tertiary/aromatic N) is 2. The van der Waals surface area contributed by atoms with Crippen LogP contribution in [-0.4, -0.2) is 92.3 Å². The number of hydrogen-bond acceptors (Lipinski definition) is 18. The van der Waals surface area contributed by atoms with Crippen molar-refractivity contribution < 1.29 is 66.7 Å². The average molecular weight is 918 g/mol. The topological polar surface area (TPSA) is 214 Å². The Morgan fingerprint density at radius 3 is 1.73 bits per heavy atom. The van der Waals surface area contributed by atoms with Gasteiger partial charge in [-0.2, -0.15) is 5.10 Å². The monoisotopic (exact) mass is 917 g/mol. The number of rotatable bonds is 25. The van der Waals surface area contributed by atoms with E-state index < -0.39 is 48.0 Å². The van der Waals surface area contributed by atoms with Gasteiger partial charge in [0.25, 0.3) is 0 Å². The molecular formula is C48H43N3O14S. The van der Waals surface area contributed by atoms with E-state index in [0.717, 1.165) is 40.1 Å². The van der Waals surface area contributed by atoms with Crippen LogP contribution in [0.1, 0.15) is 31.8 Å². The Labute approximate surface area is 382 Å². The van der Waals surface area contributed by atoms with Gasteiger partial charge in [0.15, 0.2) is 12.2 Å². The zero-order chi connectivity index (χ0) is 47.3. The van der Waals surface area contributed by atoms with Crippen molar-refractivity contribution in [2.24, 2.45) is 5.10 Å². The van der Waals surface area contributed by atoms with E-state index >= 15 is 0 Å². The first kappa shape index (κ1) is 48.6. The summed E-state index contributed by atoms with van der Waals surface area (Å²) in [7, 11) is 0. The zero-order valence-corrected chi connectivity index (χ0v) is 36.1. The normalized spacial score (nSPS) is 11.5. The first-order valence-corrected chi connectivity index (χ1v) is 20.7. The maximum Gasteiger partial charge on any atom is 0.343 e. The van der Waals surface area contributed by atoms with Crippen LogP contribution in [0.25, 0.3) is 10.2 Å². The van der Waals surface area contributed by atoms with Crippen molar-refractivity contribution in [2.45, 2.75) is 18.6 Å². The molecule has 0 saturated carbocycles. The van der Waals surface area contributed by atoms with Crippen LogP contribution in [0, 0.1) is 0 Å². The number of nitrogens with one attached hydrogen (secondary N) is 1. The van der Waals surface area contributed by atoms with Crippen LogP contribution in [0.2, 0.25) is 0 Å². The number of carbonyl (C=O) groups excluding carboxylic acids is 6. The van der Waals surface area contributed by atoms with Gasteiger partial charge in [0.2, 0.25) is 5.13 Å². The van der Waals surface area contributed by atoms with Crippen molar-refractivity contribution in [3.63, 3.8) is 0 Å². The summed E-state index contributed by atoms with van der Waals surface area (Å²) in [5.74, 6) is -3.28. The highest BCUT2D eigenvalue weighted by molar-refractivity contribution is 7.22. The van der Waals surface area contributed by atoms with Gasteiger partial charge in [0.05, 0.1) is 34.2 Å². The predicted molar refractivity (Wildman–Crippen MR) is 243 cm³/mol. The average Bonchev–Trinajstić information content (AvgIpc) is 3.76. The third-order valence-corrected chi connectivity index (χ3v) is 9.61. The number of hydrazone groups is 1. The van der Waals surface area contributed by atoms with Gasteiger partial charge in [-0.15, -0.1) is 0 Å². The quantitative estimate of drug-likeness (QED) is 0.0160. The summed E-state index contributed by atoms with van der Waals surface area (Å²) in [6.07, 6.45) is 3.78. The number of hydrogen-bond donors (Lipinski definition) is 1. The van der Waals surface area contributed by atoms with Gasteiger partial charge < -0.3 is 37.9 Å². The lowest BCUT2D eigenvalue weighted by Gasteiger charge is -2.17. The summed E-state index contributed by atoms with van der Waals surface area (Å²) in [4.78, 5) is 77.3. The SMILES string of the molecule is C=CC(=O)OCC(COc1ccc(C(=O)OCCc2ccc(OC(=O)c3ccc(OCC(COC(=O)C=C)OC(=O)C=C)cc3)c(/C=N/Nc3nc4ccccc4s3)c2)cc1)OC(=O)C=C. The lowest BCUT2D eigenvalue weighted by Crippen LogP contribution is -2.30. The molecule has 17 nitrogen and oxygen atoms in total. The number of ether oxygens (including phenoxy) is 8. The van der Waals surface area contributed by atoms with Gasteiger partial charge in [-0.3, -0.25) is 5.43 Å². The van der Waals surface area contributed by atoms with Crippen LogP contribution in [0.4, 0.5) is 5.13 Å². The minimum Gasteiger partial charge on any atom is -0.490 e. The molecule has 4 aromatic carbocycles. The van der Waals surface area contributed by atoms with Gasteiger partial charge in [0, 0.05) is 36.3 Å². The van der Waals surface area contributed by atoms with Crippen molar-refractivity contribution in [3.05, 3.63) is 164 Å². The van der Waals surface area contributed by atoms with Gasteiger partial charge in [-0.1, -0.05) is 55.9 Å². The van der Waals surface area contributed by atoms with Crippen LogP contribution in [0.15, 0.2) is 147 Å². The molecule has 1 heterocycles. The van der Waals surface area contributed by atoms with Crippen LogP contribution >= 0.6 is 11.3 Å². The molecule has 1 N–H and O–H groups in total. The first-order valence-electron chi connectivity index (χ1n) is 19.8. The second kappa shape index (κ2) is 25.1. The van der Waals surface area contributed by atoms with E-state index in [-0.39, 0.29) is 49.9 Å². The summed E-state index contributed by atoms with van der Waals surface area (Å²) < 4.78 is 44.0. The summed E-state index contributed by atoms with van der Waals surface area (Å²) in [5, 5.41) is 4.90. The van der Waals surface area contributed by atoms with Crippen molar-refractivity contribution in [2.75, 3.05) is 38.5 Å². The Bertz CT molecular complexity index is 2550. The van der Waals surface area contributed by atoms with Crippen molar-refractivity contribution in [3.8, 4) is 17.2 Å². The van der Waals surface area contributed by atoms with Gasteiger partial charge in [-0.25, -0.2) is 33.8 Å². The van der Waals surface area contributed by atoms with Crippen LogP contribution < -0.4 is 19.6 Å². The lowest BCUT2D eigenvalue weighted by atomic mass is 10.1. The van der Waals surface area contributed by atoms with Gasteiger partial charge >= 0.3 is 35.8 Å². The van der Waals surface area contributed by atoms with E-state index in [1.807, 2.05) is 24.3 Å². The Balaban J connectivity index is 1.21. The summed E-state index contributed by atoms with van der Waals surface area (Å²) in [6.45, 7) is 12.5. The third-order valence-electron chi connectivity index (χ3n) is 8.67. The van der Waals surface area contributed by atoms with E-state index in [1.165, 1.54) is 66.1 Å². The highest BCUT2D eigenvalue weighted by Crippen LogP contribution is 2.26. The molecule has 0 fully saturated rings. The number of aromatic nitrogens is 1. The number of esters is 6. The van der Waals surface area contributed by atoms with E-state index in [2.05, 4.69) is 41.8 Å². The molecule has 0 spiro atoms. The predicted octanol–water partition coefficient (Wildman–Crippen LogP) is 6.77. The van der Waals surface area contributed by atoms with Crippen molar-refractivity contribution in [1.82, 2.24) is 4.98 Å². The molecule has 66 heavy (non-hydrogen) atoms. The van der Waals surface area contributed by atoms with Gasteiger partial charge in [-0.05, 0) is 78.4 Å². The Hall–Kier alpha value is -8.38. The third kappa shape index (κ3) is 15.5. The summed E-state index contributed by atoms with van der Waals surface area (Å²) in [6, 6.07) is 24.8. The fourth-order valence-corrected chi connectivity index (χ4v) is 6.22. The van der Waals surface area contributed by atoms with Crippen molar-refractivity contribution >= 4 is 68.7 Å². The Morgan fingerprint density at radius 1 is 0.636 bits per heavy atom. The van der Waals surface area contributed by atoms with E-state index in [1.54, 1.807) is 18.2 Å². The number of para-hydroxylation sites is 1. The number of fused-ring (bicyclic) bond motifs is 1.